The molecule has 0 unspecified atom stereocenters. The maximum Gasteiger partial charge on any atom is 0.298 e. The number of pyridine rings is 1. The van der Waals surface area contributed by atoms with Crippen molar-refractivity contribution in [3.8, 4) is 28.0 Å². The fourth-order valence-electron chi connectivity index (χ4n) is 4.84. The van der Waals surface area contributed by atoms with Crippen molar-refractivity contribution in [2.45, 2.75) is 20.8 Å². The van der Waals surface area contributed by atoms with Crippen LogP contribution in [0.2, 0.25) is 0 Å². The minimum absolute atomic E-state index is 0.0388. The highest BCUT2D eigenvalue weighted by Crippen LogP contribution is 2.44. The predicted octanol–water partition coefficient (Wildman–Crippen LogP) is 3.92. The van der Waals surface area contributed by atoms with Crippen molar-refractivity contribution >= 4 is 21.8 Å². The zero-order valence-electron chi connectivity index (χ0n) is 19.0. The van der Waals surface area contributed by atoms with Gasteiger partial charge in [-0.25, -0.2) is 4.98 Å². The highest BCUT2D eigenvalue weighted by atomic mass is 35.7. The molecule has 0 spiro atoms. The van der Waals surface area contributed by atoms with Crippen LogP contribution in [-0.4, -0.2) is 4.98 Å². The SMILES string of the molecule is Cc1cc(C)c(-c2c3cccc(-c4ccccc4)c3nc3cccc(O[Cl+3]([O-])([O-])[O-])c23)c(C)c1. The van der Waals surface area contributed by atoms with Gasteiger partial charge >= 0.3 is 0 Å². The second kappa shape index (κ2) is 8.38. The Bertz CT molecular complexity index is 1520. The first-order chi connectivity index (χ1) is 16.2. The number of hydrogen-bond donors (Lipinski definition) is 0. The third-order valence-corrected chi connectivity index (χ3v) is 6.34. The zero-order valence-corrected chi connectivity index (χ0v) is 19.7. The Hall–Kier alpha value is -3.48. The van der Waals surface area contributed by atoms with E-state index in [9.17, 15) is 14.0 Å². The highest BCUT2D eigenvalue weighted by molar-refractivity contribution is 6.15. The van der Waals surface area contributed by atoms with Gasteiger partial charge < -0.3 is 0 Å². The number of fused-ring (bicyclic) bond motifs is 2. The van der Waals surface area contributed by atoms with E-state index in [0.29, 0.717) is 10.9 Å². The van der Waals surface area contributed by atoms with Crippen LogP contribution in [0.5, 0.6) is 5.75 Å². The Morgan fingerprint density at radius 3 is 2.09 bits per heavy atom. The normalized spacial score (nSPS) is 11.8. The Morgan fingerprint density at radius 2 is 1.41 bits per heavy atom. The van der Waals surface area contributed by atoms with E-state index < -0.39 is 10.2 Å². The first-order valence-electron chi connectivity index (χ1n) is 10.8. The fraction of sp³-hybridized carbons (Fsp3) is 0.107. The number of hydrogen-bond acceptors (Lipinski definition) is 5. The van der Waals surface area contributed by atoms with Gasteiger partial charge in [-0.2, -0.15) is 14.0 Å². The van der Waals surface area contributed by atoms with Gasteiger partial charge in [-0.3, -0.25) is 0 Å². The molecule has 170 valence electrons. The summed E-state index contributed by atoms with van der Waals surface area (Å²) >= 11 is 0. The number of benzene rings is 4. The number of aryl methyl sites for hydroxylation is 3. The van der Waals surface area contributed by atoms with Gasteiger partial charge in [-0.1, -0.05) is 76.6 Å². The smallest absolute Gasteiger partial charge is 0.247 e. The average Bonchev–Trinajstić information content (AvgIpc) is 2.77. The van der Waals surface area contributed by atoms with E-state index in [4.69, 9.17) is 9.27 Å². The van der Waals surface area contributed by atoms with Crippen molar-refractivity contribution < 1.29 is 28.5 Å². The summed E-state index contributed by atoms with van der Waals surface area (Å²) in [4.78, 5) is 4.93. The quantitative estimate of drug-likeness (QED) is 0.370. The molecule has 1 aromatic heterocycles. The third kappa shape index (κ3) is 4.00. The lowest BCUT2D eigenvalue weighted by molar-refractivity contribution is -1.91. The molecular formula is C28H22ClNO4. The van der Waals surface area contributed by atoms with Crippen molar-refractivity contribution in [2.24, 2.45) is 0 Å². The monoisotopic (exact) mass is 471 g/mol. The molecule has 5 aromatic rings. The lowest BCUT2D eigenvalue weighted by Gasteiger charge is -2.19. The second-order valence-corrected chi connectivity index (χ2v) is 9.34. The van der Waals surface area contributed by atoms with Crippen molar-refractivity contribution in [1.29, 1.82) is 0 Å². The average molecular weight is 472 g/mol. The summed E-state index contributed by atoms with van der Waals surface area (Å²) in [6, 6.07) is 25.1. The van der Waals surface area contributed by atoms with Gasteiger partial charge in [0.1, 0.15) is 10.2 Å². The first-order valence-corrected chi connectivity index (χ1v) is 12.1. The summed E-state index contributed by atoms with van der Waals surface area (Å²) in [5, 5.41) is 1.34. The maximum atomic E-state index is 11.5. The number of aromatic nitrogens is 1. The molecule has 0 fully saturated rings. The molecule has 0 aliphatic carbocycles. The Balaban J connectivity index is 1.98. The minimum Gasteiger partial charge on any atom is -0.247 e. The van der Waals surface area contributed by atoms with E-state index in [1.807, 2.05) is 69.3 Å². The molecule has 34 heavy (non-hydrogen) atoms. The largest absolute Gasteiger partial charge is 0.298 e. The molecule has 1 heterocycles. The third-order valence-electron chi connectivity index (χ3n) is 5.98. The molecule has 0 aliphatic rings. The molecule has 0 saturated carbocycles. The van der Waals surface area contributed by atoms with Crippen LogP contribution in [0.3, 0.4) is 0 Å². The van der Waals surface area contributed by atoms with E-state index in [1.54, 1.807) is 12.1 Å². The summed E-state index contributed by atoms with van der Waals surface area (Å²) in [5.41, 5.74) is 8.27. The van der Waals surface area contributed by atoms with Gasteiger partial charge in [-0.15, -0.1) is 0 Å². The van der Waals surface area contributed by atoms with E-state index >= 15 is 0 Å². The lowest BCUT2D eigenvalue weighted by atomic mass is 9.87. The van der Waals surface area contributed by atoms with Crippen LogP contribution in [0, 0.1) is 31.0 Å². The van der Waals surface area contributed by atoms with Crippen LogP contribution in [-0.2, 0) is 0 Å². The predicted molar refractivity (Wildman–Crippen MR) is 125 cm³/mol. The van der Waals surface area contributed by atoms with Crippen LogP contribution >= 0.6 is 0 Å². The van der Waals surface area contributed by atoms with E-state index in [2.05, 4.69) is 12.1 Å². The van der Waals surface area contributed by atoms with Crippen LogP contribution in [0.1, 0.15) is 16.7 Å². The van der Waals surface area contributed by atoms with Crippen LogP contribution < -0.4 is 18.3 Å². The highest BCUT2D eigenvalue weighted by Gasteiger charge is 2.27. The number of para-hydroxylation sites is 1. The molecular weight excluding hydrogens is 450 g/mol. The molecule has 0 radical (unpaired) electrons. The second-order valence-electron chi connectivity index (χ2n) is 8.43. The Morgan fingerprint density at radius 1 is 0.735 bits per heavy atom. The van der Waals surface area contributed by atoms with Gasteiger partial charge in [0.15, 0.2) is 0 Å². The standard InChI is InChI=1S/C28H22ClNO4/c1-17-15-18(2)25(19(3)16-17)26-22-12-7-11-21(20-9-5-4-6-10-20)28(22)30-23-13-8-14-24(27(23)26)34-29(31,32)33/h4-16H,1-3H3. The van der Waals surface area contributed by atoms with Crippen molar-refractivity contribution in [3.05, 3.63) is 95.6 Å². The number of halogens is 1. The molecule has 0 bridgehead atoms. The summed E-state index contributed by atoms with van der Waals surface area (Å²) in [6.07, 6.45) is 0. The van der Waals surface area contributed by atoms with Gasteiger partial charge in [0.05, 0.1) is 16.4 Å². The van der Waals surface area contributed by atoms with Crippen molar-refractivity contribution in [2.75, 3.05) is 0 Å². The van der Waals surface area contributed by atoms with Crippen molar-refractivity contribution in [3.63, 3.8) is 0 Å². The molecule has 0 saturated heterocycles. The van der Waals surface area contributed by atoms with E-state index in [-0.39, 0.29) is 5.75 Å². The summed E-state index contributed by atoms with van der Waals surface area (Å²) in [7, 11) is -4.67. The molecule has 0 N–H and O–H groups in total. The molecule has 6 heteroatoms. The van der Waals surface area contributed by atoms with Gasteiger partial charge in [0.25, 0.3) is 5.75 Å². The van der Waals surface area contributed by atoms with Crippen LogP contribution in [0.15, 0.2) is 78.9 Å². The van der Waals surface area contributed by atoms with Gasteiger partial charge in [0.2, 0.25) is 0 Å². The topological polar surface area (TPSA) is 91.3 Å². The molecule has 4 aromatic carbocycles. The van der Waals surface area contributed by atoms with E-state index in [0.717, 1.165) is 49.8 Å². The molecule has 5 nitrogen and oxygen atoms in total. The lowest BCUT2D eigenvalue weighted by Crippen LogP contribution is -2.63. The van der Waals surface area contributed by atoms with E-state index in [1.165, 1.54) is 6.07 Å². The molecule has 5 rings (SSSR count). The van der Waals surface area contributed by atoms with Crippen molar-refractivity contribution in [1.82, 2.24) is 4.98 Å². The van der Waals surface area contributed by atoms with Crippen LogP contribution in [0.4, 0.5) is 0 Å². The molecule has 0 atom stereocenters. The fourth-order valence-corrected chi connectivity index (χ4v) is 5.17. The summed E-state index contributed by atoms with van der Waals surface area (Å²) in [6.45, 7) is 6.10. The Labute approximate surface area is 199 Å². The summed E-state index contributed by atoms with van der Waals surface area (Å²) in [5.74, 6) is -0.0388. The first kappa shape index (κ1) is 22.3. The zero-order chi connectivity index (χ0) is 24.0. The van der Waals surface area contributed by atoms with Gasteiger partial charge in [-0.05, 0) is 55.2 Å². The van der Waals surface area contributed by atoms with Gasteiger partial charge in [0, 0.05) is 16.5 Å². The molecule has 0 aliphatic heterocycles. The Kier molecular flexibility index (Phi) is 5.50. The number of nitrogens with zero attached hydrogens (tertiary/aromatic N) is 1. The molecule has 0 amide bonds. The minimum atomic E-state index is -4.67. The van der Waals surface area contributed by atoms with Crippen LogP contribution in [0.25, 0.3) is 44.1 Å². The maximum absolute atomic E-state index is 11.5. The summed E-state index contributed by atoms with van der Waals surface area (Å²) < 4.78 is 39.5. The number of rotatable bonds is 4.